The molecule has 0 aliphatic carbocycles. The van der Waals surface area contributed by atoms with Crippen molar-refractivity contribution in [1.82, 2.24) is 4.90 Å². The van der Waals surface area contributed by atoms with E-state index in [0.29, 0.717) is 0 Å². The molecular weight excluding hydrogens is 343 g/mol. The molecule has 1 aliphatic heterocycles. The van der Waals surface area contributed by atoms with Gasteiger partial charge < -0.3 is 4.90 Å². The van der Waals surface area contributed by atoms with Gasteiger partial charge in [0, 0.05) is 0 Å². The number of likely N-dealkylation sites (tertiary alicyclic amines) is 1. The average Bonchev–Trinajstić information content (AvgIpc) is 2.07. The summed E-state index contributed by atoms with van der Waals surface area (Å²) in [5, 5.41) is 0. The Morgan fingerprint density at radius 3 is 2.25 bits per heavy atom. The molecule has 2 heteroatoms. The monoisotopic (exact) mass is 364 g/mol. The largest absolute Gasteiger partial charge is 3.00 e. The predicted molar refractivity (Wildman–Crippen MR) is 55.6 cm³/mol. The van der Waals surface area contributed by atoms with Crippen molar-refractivity contribution in [3.05, 3.63) is 0 Å². The van der Waals surface area contributed by atoms with Gasteiger partial charge in [0.25, 0.3) is 0 Å². The Morgan fingerprint density at radius 2 is 1.67 bits per heavy atom. The van der Waals surface area contributed by atoms with Gasteiger partial charge in [0.05, 0.1) is 0 Å². The van der Waals surface area contributed by atoms with Crippen molar-refractivity contribution in [2.24, 2.45) is 0 Å². The van der Waals surface area contributed by atoms with E-state index in [4.69, 9.17) is 0 Å². The molecule has 68 valence electrons. The zero-order valence-electron chi connectivity index (χ0n) is 8.26. The predicted octanol–water partition coefficient (Wildman–Crippen LogP) is 2.28. The molecule has 0 unspecified atom stereocenters. The second kappa shape index (κ2) is 8.44. The first-order valence-electron chi connectivity index (χ1n) is 5.16. The molecular formula is C10H21BiN+3. The third kappa shape index (κ3) is 5.48. The maximum Gasteiger partial charge on any atom is 3.00 e. The minimum atomic E-state index is 0. The first-order chi connectivity index (χ1) is 5.43. The molecule has 0 spiro atoms. The summed E-state index contributed by atoms with van der Waals surface area (Å²) in [5.74, 6) is 0. The fourth-order valence-electron chi connectivity index (χ4n) is 1.77. The van der Waals surface area contributed by atoms with E-state index in [-0.39, 0.29) is 26.2 Å². The molecule has 1 nitrogen and oxygen atoms in total. The molecule has 0 bridgehead atoms. The smallest absolute Gasteiger partial charge is 0.303 e. The summed E-state index contributed by atoms with van der Waals surface area (Å²) in [5.41, 5.74) is 0. The van der Waals surface area contributed by atoms with Gasteiger partial charge in [-0.1, -0.05) is 26.2 Å². The van der Waals surface area contributed by atoms with Crippen molar-refractivity contribution in [3.8, 4) is 0 Å². The van der Waals surface area contributed by atoms with Crippen LogP contribution in [-0.4, -0.2) is 50.7 Å². The summed E-state index contributed by atoms with van der Waals surface area (Å²) in [6, 6.07) is 0. The Balaban J connectivity index is 0.00000121. The second-order valence-electron chi connectivity index (χ2n) is 3.61. The van der Waals surface area contributed by atoms with Crippen LogP contribution in [0.4, 0.5) is 0 Å². The van der Waals surface area contributed by atoms with E-state index < -0.39 is 0 Å². The molecule has 2 radical (unpaired) electrons. The van der Waals surface area contributed by atoms with E-state index in [1.165, 1.54) is 58.2 Å². The van der Waals surface area contributed by atoms with Gasteiger partial charge in [-0.15, -0.1) is 0 Å². The number of hydrogen-bond acceptors (Lipinski definition) is 1. The molecule has 0 amide bonds. The fraction of sp³-hybridized carbons (Fsp3) is 1.00. The van der Waals surface area contributed by atoms with Crippen LogP contribution in [-0.2, 0) is 0 Å². The van der Waals surface area contributed by atoms with Crippen molar-refractivity contribution in [2.45, 2.75) is 45.4 Å². The van der Waals surface area contributed by atoms with E-state index >= 15 is 0 Å². The Bertz CT molecular complexity index is 89.8. The van der Waals surface area contributed by atoms with E-state index in [1.807, 2.05) is 0 Å². The molecule has 0 N–H and O–H groups in total. The summed E-state index contributed by atoms with van der Waals surface area (Å²) >= 11 is 0. The van der Waals surface area contributed by atoms with Crippen molar-refractivity contribution >= 4 is 26.2 Å². The van der Waals surface area contributed by atoms with Crippen molar-refractivity contribution < 1.29 is 0 Å². The summed E-state index contributed by atoms with van der Waals surface area (Å²) < 4.78 is 0. The van der Waals surface area contributed by atoms with Crippen LogP contribution in [0.2, 0.25) is 0 Å². The van der Waals surface area contributed by atoms with Gasteiger partial charge in [-0.3, -0.25) is 0 Å². The third-order valence-corrected chi connectivity index (χ3v) is 2.53. The van der Waals surface area contributed by atoms with Crippen LogP contribution in [0.5, 0.6) is 0 Å². The average molecular weight is 364 g/mol. The normalized spacial score (nSPS) is 18.8. The van der Waals surface area contributed by atoms with Crippen LogP contribution < -0.4 is 0 Å². The van der Waals surface area contributed by atoms with E-state index in [0.717, 1.165) is 0 Å². The molecule has 0 aromatic carbocycles. The van der Waals surface area contributed by atoms with E-state index in [1.54, 1.807) is 0 Å². The maximum atomic E-state index is 2.62. The van der Waals surface area contributed by atoms with E-state index in [9.17, 15) is 0 Å². The minimum absolute atomic E-state index is 0. The molecule has 0 atom stereocenters. The van der Waals surface area contributed by atoms with Gasteiger partial charge in [-0.25, -0.2) is 0 Å². The number of piperidine rings is 1. The van der Waals surface area contributed by atoms with Crippen LogP contribution in [0.15, 0.2) is 0 Å². The van der Waals surface area contributed by atoms with Gasteiger partial charge in [0.15, 0.2) is 0 Å². The summed E-state index contributed by atoms with van der Waals surface area (Å²) in [7, 11) is 0. The first kappa shape index (κ1) is 12.8. The fourth-order valence-corrected chi connectivity index (χ4v) is 1.77. The van der Waals surface area contributed by atoms with Gasteiger partial charge in [-0.05, 0) is 38.9 Å². The van der Waals surface area contributed by atoms with Gasteiger partial charge in [0.2, 0.25) is 0 Å². The summed E-state index contributed by atoms with van der Waals surface area (Å²) in [6.45, 7) is 6.36. The van der Waals surface area contributed by atoms with Crippen LogP contribution >= 0.6 is 0 Å². The first-order valence-corrected chi connectivity index (χ1v) is 5.16. The van der Waals surface area contributed by atoms with Gasteiger partial charge in [0.1, 0.15) is 0 Å². The number of unbranched alkanes of at least 4 members (excludes halogenated alkanes) is 2. The molecule has 0 aromatic heterocycles. The molecule has 1 saturated heterocycles. The van der Waals surface area contributed by atoms with Crippen LogP contribution in [0.1, 0.15) is 45.4 Å². The summed E-state index contributed by atoms with van der Waals surface area (Å²) in [6.07, 6.45) is 8.52. The second-order valence-corrected chi connectivity index (χ2v) is 3.61. The molecule has 1 fully saturated rings. The minimum Gasteiger partial charge on any atom is -0.303 e. The molecule has 0 saturated carbocycles. The molecule has 1 rings (SSSR count). The third-order valence-electron chi connectivity index (χ3n) is 2.53. The zero-order valence-corrected chi connectivity index (χ0v) is 11.7. The van der Waals surface area contributed by atoms with Crippen molar-refractivity contribution in [2.75, 3.05) is 19.6 Å². The van der Waals surface area contributed by atoms with Crippen molar-refractivity contribution in [3.63, 3.8) is 0 Å². The maximum absolute atomic E-state index is 2.62. The number of rotatable bonds is 4. The van der Waals surface area contributed by atoms with Crippen LogP contribution in [0.3, 0.4) is 0 Å². The number of hydrogen-bond donors (Lipinski definition) is 0. The molecule has 1 heterocycles. The summed E-state index contributed by atoms with van der Waals surface area (Å²) in [4.78, 5) is 2.62. The van der Waals surface area contributed by atoms with E-state index in [2.05, 4.69) is 11.8 Å². The number of nitrogens with zero attached hydrogens (tertiary/aromatic N) is 1. The zero-order chi connectivity index (χ0) is 7.94. The topological polar surface area (TPSA) is 3.24 Å². The molecule has 12 heavy (non-hydrogen) atoms. The Morgan fingerprint density at radius 1 is 1.00 bits per heavy atom. The molecule has 0 aromatic rings. The molecule has 1 aliphatic rings. The Labute approximate surface area is 96.0 Å². The SMILES string of the molecule is CCCCCN1CCCCC1.[Bi+3]. The Hall–Kier alpha value is 0.843. The van der Waals surface area contributed by atoms with Crippen LogP contribution in [0.25, 0.3) is 0 Å². The van der Waals surface area contributed by atoms with Gasteiger partial charge >= 0.3 is 26.2 Å². The quantitative estimate of drug-likeness (QED) is 0.547. The van der Waals surface area contributed by atoms with Crippen molar-refractivity contribution in [1.29, 1.82) is 0 Å². The Kier molecular flexibility index (Phi) is 9.03. The standard InChI is InChI=1S/C10H21N.Bi/c1-2-3-5-8-11-9-6-4-7-10-11;/h2-10H2,1H3;/q;+3. The van der Waals surface area contributed by atoms with Gasteiger partial charge in [-0.2, -0.15) is 0 Å². The van der Waals surface area contributed by atoms with Crippen LogP contribution in [0, 0.1) is 0 Å².